The molecule has 1 aliphatic heterocycles. The molecule has 0 saturated carbocycles. The van der Waals surface area contributed by atoms with Crippen LogP contribution in [0.4, 0.5) is 11.4 Å². The van der Waals surface area contributed by atoms with Crippen molar-refractivity contribution < 1.29 is 14.3 Å². The number of benzene rings is 2. The van der Waals surface area contributed by atoms with Gasteiger partial charge in [-0.05, 0) is 37.3 Å². The Morgan fingerprint density at radius 1 is 1.03 bits per heavy atom. The van der Waals surface area contributed by atoms with Gasteiger partial charge in [0.1, 0.15) is 5.75 Å². The number of amides is 2. The van der Waals surface area contributed by atoms with Gasteiger partial charge in [-0.2, -0.15) is 0 Å². The first kappa shape index (κ1) is 22.2. The largest absolute Gasteiger partial charge is 0.492 e. The summed E-state index contributed by atoms with van der Waals surface area (Å²) in [6.45, 7) is 6.77. The van der Waals surface area contributed by atoms with E-state index in [9.17, 15) is 9.59 Å². The molecule has 1 aliphatic rings. The van der Waals surface area contributed by atoms with E-state index < -0.39 is 0 Å². The van der Waals surface area contributed by atoms with Gasteiger partial charge in [0.2, 0.25) is 5.91 Å². The van der Waals surface area contributed by atoms with Crippen molar-refractivity contribution >= 4 is 46.4 Å². The standard InChI is InChI=1S/C22H25Cl2N3O3/c1-3-20(28)26-10-12-27(13-11-26)21-16(23)6-5-7-18(21)25-22(29)15-8-9-19(30-4-2)17(24)14-15/h5-9,14H,3-4,10-13H2,1-2H3,(H,25,29). The second-order valence-corrected chi connectivity index (χ2v) is 7.70. The van der Waals surface area contributed by atoms with E-state index in [0.717, 1.165) is 5.69 Å². The van der Waals surface area contributed by atoms with Crippen LogP contribution in [0.1, 0.15) is 30.6 Å². The Hall–Kier alpha value is -2.44. The number of nitrogens with zero attached hydrogens (tertiary/aromatic N) is 2. The molecule has 0 bridgehead atoms. The molecule has 0 unspecified atom stereocenters. The maximum absolute atomic E-state index is 12.8. The second kappa shape index (κ2) is 10.0. The molecule has 8 heteroatoms. The van der Waals surface area contributed by atoms with Gasteiger partial charge in [-0.15, -0.1) is 0 Å². The third kappa shape index (κ3) is 4.99. The van der Waals surface area contributed by atoms with Gasteiger partial charge in [-0.25, -0.2) is 0 Å². The molecule has 3 rings (SSSR count). The van der Waals surface area contributed by atoms with E-state index in [2.05, 4.69) is 10.2 Å². The first-order valence-electron chi connectivity index (χ1n) is 9.99. The maximum atomic E-state index is 12.8. The van der Waals surface area contributed by atoms with E-state index in [0.29, 0.717) is 66.3 Å². The summed E-state index contributed by atoms with van der Waals surface area (Å²) < 4.78 is 5.42. The molecule has 0 radical (unpaired) electrons. The number of hydrogen-bond donors (Lipinski definition) is 1. The molecule has 2 aromatic rings. The van der Waals surface area contributed by atoms with Crippen LogP contribution in [-0.2, 0) is 4.79 Å². The first-order chi connectivity index (χ1) is 14.4. The fourth-order valence-electron chi connectivity index (χ4n) is 3.45. The molecule has 0 atom stereocenters. The number of anilines is 2. The van der Waals surface area contributed by atoms with Crippen LogP contribution in [0.15, 0.2) is 36.4 Å². The fourth-order valence-corrected chi connectivity index (χ4v) is 3.98. The van der Waals surface area contributed by atoms with Crippen LogP contribution in [0.2, 0.25) is 10.0 Å². The third-order valence-corrected chi connectivity index (χ3v) is 5.58. The summed E-state index contributed by atoms with van der Waals surface area (Å²) in [6.07, 6.45) is 0.498. The molecule has 2 aromatic carbocycles. The number of rotatable bonds is 6. The minimum atomic E-state index is -0.289. The molecule has 1 fully saturated rings. The molecular weight excluding hydrogens is 425 g/mol. The minimum absolute atomic E-state index is 0.148. The lowest BCUT2D eigenvalue weighted by Gasteiger charge is -2.37. The number of para-hydroxylation sites is 1. The summed E-state index contributed by atoms with van der Waals surface area (Å²) in [7, 11) is 0. The second-order valence-electron chi connectivity index (χ2n) is 6.89. The number of nitrogens with one attached hydrogen (secondary N) is 1. The van der Waals surface area contributed by atoms with Crippen molar-refractivity contribution in [1.29, 1.82) is 0 Å². The Kier molecular flexibility index (Phi) is 7.45. The van der Waals surface area contributed by atoms with Crippen LogP contribution >= 0.6 is 23.2 Å². The average Bonchev–Trinajstić information content (AvgIpc) is 2.75. The zero-order valence-electron chi connectivity index (χ0n) is 17.1. The minimum Gasteiger partial charge on any atom is -0.492 e. The lowest BCUT2D eigenvalue weighted by molar-refractivity contribution is -0.131. The van der Waals surface area contributed by atoms with Crippen molar-refractivity contribution in [2.75, 3.05) is 43.0 Å². The van der Waals surface area contributed by atoms with E-state index in [1.165, 1.54) is 0 Å². The summed E-state index contributed by atoms with van der Waals surface area (Å²) in [5.41, 5.74) is 1.80. The van der Waals surface area contributed by atoms with Crippen LogP contribution in [0, 0.1) is 0 Å². The summed E-state index contributed by atoms with van der Waals surface area (Å²) in [4.78, 5) is 28.7. The van der Waals surface area contributed by atoms with E-state index >= 15 is 0 Å². The van der Waals surface area contributed by atoms with Gasteiger partial charge < -0.3 is 19.9 Å². The van der Waals surface area contributed by atoms with Crippen molar-refractivity contribution in [3.05, 3.63) is 52.0 Å². The Bertz CT molecular complexity index is 928. The highest BCUT2D eigenvalue weighted by Crippen LogP contribution is 2.35. The van der Waals surface area contributed by atoms with Crippen molar-refractivity contribution in [1.82, 2.24) is 4.90 Å². The molecule has 1 N–H and O–H groups in total. The Balaban J connectivity index is 1.78. The van der Waals surface area contributed by atoms with Gasteiger partial charge >= 0.3 is 0 Å². The van der Waals surface area contributed by atoms with Crippen LogP contribution in [-0.4, -0.2) is 49.5 Å². The fraction of sp³-hybridized carbons (Fsp3) is 0.364. The summed E-state index contributed by atoms with van der Waals surface area (Å²) in [6, 6.07) is 10.3. The van der Waals surface area contributed by atoms with Gasteiger partial charge in [0.25, 0.3) is 5.91 Å². The molecule has 1 heterocycles. The molecular formula is C22H25Cl2N3O3. The van der Waals surface area contributed by atoms with E-state index in [-0.39, 0.29) is 11.8 Å². The number of carbonyl (C=O) groups is 2. The highest BCUT2D eigenvalue weighted by molar-refractivity contribution is 6.34. The van der Waals surface area contributed by atoms with Gasteiger partial charge in [0.05, 0.1) is 28.0 Å². The van der Waals surface area contributed by atoms with Crippen molar-refractivity contribution in [3.8, 4) is 5.75 Å². The van der Waals surface area contributed by atoms with E-state index in [1.807, 2.05) is 24.8 Å². The number of ether oxygens (including phenoxy) is 1. The topological polar surface area (TPSA) is 61.9 Å². The zero-order chi connectivity index (χ0) is 21.7. The van der Waals surface area contributed by atoms with Crippen LogP contribution in [0.3, 0.4) is 0 Å². The van der Waals surface area contributed by atoms with Crippen molar-refractivity contribution in [3.63, 3.8) is 0 Å². The molecule has 1 saturated heterocycles. The number of hydrogen-bond acceptors (Lipinski definition) is 4. The smallest absolute Gasteiger partial charge is 0.255 e. The average molecular weight is 450 g/mol. The van der Waals surface area contributed by atoms with E-state index in [4.69, 9.17) is 27.9 Å². The van der Waals surface area contributed by atoms with E-state index in [1.54, 1.807) is 30.3 Å². The molecule has 0 aliphatic carbocycles. The van der Waals surface area contributed by atoms with Gasteiger partial charge in [0.15, 0.2) is 0 Å². The molecule has 30 heavy (non-hydrogen) atoms. The SMILES string of the molecule is CCOc1ccc(C(=O)Nc2cccc(Cl)c2N2CCN(C(=O)CC)CC2)cc1Cl. The molecule has 0 spiro atoms. The quantitative estimate of drug-likeness (QED) is 0.693. The number of piperazine rings is 1. The van der Waals surface area contributed by atoms with Gasteiger partial charge in [0, 0.05) is 38.2 Å². The third-order valence-electron chi connectivity index (χ3n) is 4.98. The Morgan fingerprint density at radius 3 is 2.40 bits per heavy atom. The van der Waals surface area contributed by atoms with Gasteiger partial charge in [-0.1, -0.05) is 36.2 Å². The highest BCUT2D eigenvalue weighted by Gasteiger charge is 2.24. The highest BCUT2D eigenvalue weighted by atomic mass is 35.5. The lowest BCUT2D eigenvalue weighted by atomic mass is 10.1. The van der Waals surface area contributed by atoms with Crippen molar-refractivity contribution in [2.45, 2.75) is 20.3 Å². The summed E-state index contributed by atoms with van der Waals surface area (Å²) >= 11 is 12.7. The zero-order valence-corrected chi connectivity index (χ0v) is 18.6. The molecule has 160 valence electrons. The lowest BCUT2D eigenvalue weighted by Crippen LogP contribution is -2.48. The molecule has 6 nitrogen and oxygen atoms in total. The summed E-state index contributed by atoms with van der Waals surface area (Å²) in [5.74, 6) is 0.400. The monoisotopic (exact) mass is 449 g/mol. The normalized spacial score (nSPS) is 13.9. The predicted octanol–water partition coefficient (Wildman–Crippen LogP) is 4.70. The summed E-state index contributed by atoms with van der Waals surface area (Å²) in [5, 5.41) is 3.87. The van der Waals surface area contributed by atoms with Crippen LogP contribution in [0.25, 0.3) is 0 Å². The first-order valence-corrected chi connectivity index (χ1v) is 10.7. The Labute approximate surface area is 186 Å². The number of carbonyl (C=O) groups excluding carboxylic acids is 2. The Morgan fingerprint density at radius 2 is 1.77 bits per heavy atom. The maximum Gasteiger partial charge on any atom is 0.255 e. The number of halogens is 2. The van der Waals surface area contributed by atoms with Gasteiger partial charge in [-0.3, -0.25) is 9.59 Å². The molecule has 2 amide bonds. The predicted molar refractivity (Wildman–Crippen MR) is 121 cm³/mol. The van der Waals surface area contributed by atoms with Crippen molar-refractivity contribution in [2.24, 2.45) is 0 Å². The van der Waals surface area contributed by atoms with Crippen LogP contribution in [0.5, 0.6) is 5.75 Å². The van der Waals surface area contributed by atoms with Crippen LogP contribution < -0.4 is 15.0 Å². The molecule has 0 aromatic heterocycles.